The number of amides is 1. The monoisotopic (exact) mass is 393 g/mol. The molecule has 0 saturated carbocycles. The van der Waals surface area contributed by atoms with Gasteiger partial charge in [-0.15, -0.1) is 11.3 Å². The lowest BCUT2D eigenvalue weighted by molar-refractivity contribution is -0.120. The van der Waals surface area contributed by atoms with Crippen molar-refractivity contribution in [3.63, 3.8) is 0 Å². The number of nitrogens with zero attached hydrogens (tertiary/aromatic N) is 2. The van der Waals surface area contributed by atoms with Crippen LogP contribution in [0.25, 0.3) is 0 Å². The third kappa shape index (κ3) is 4.78. The van der Waals surface area contributed by atoms with Crippen LogP contribution >= 0.6 is 11.3 Å². The van der Waals surface area contributed by atoms with Crippen LogP contribution in [0.1, 0.15) is 40.7 Å². The lowest BCUT2D eigenvalue weighted by Crippen LogP contribution is -2.60. The molecule has 1 aliphatic rings. The Labute approximate surface area is 176 Å². The Morgan fingerprint density at radius 3 is 2.70 bits per heavy atom. The third-order valence-electron chi connectivity index (χ3n) is 4.93. The van der Waals surface area contributed by atoms with E-state index in [0.29, 0.717) is 10.6 Å². The van der Waals surface area contributed by atoms with Crippen LogP contribution in [-0.2, 0) is 15.9 Å². The maximum absolute atomic E-state index is 13.1. The van der Waals surface area contributed by atoms with E-state index in [-0.39, 0.29) is 44.9 Å². The summed E-state index contributed by atoms with van der Waals surface area (Å²) in [6.45, 7) is -0.551. The number of para-hydroxylation sites is 1. The molecule has 5 heteroatoms. The number of carbonyl (C=O) groups excluding carboxylic acids is 1. The number of likely N-dealkylation sites (tertiary alicyclic amines) is 1. The number of anilines is 1. The van der Waals surface area contributed by atoms with Gasteiger partial charge in [0.15, 0.2) is 0 Å². The lowest BCUT2D eigenvalue weighted by atomic mass is 9.85. The SMILES string of the molecule is [2H]C([2H])([2H])OCC1(N(C(=O)CC)c2ccccc2)CCN(C([2H])([2H])C([2H])([2H])c2cccs2)CC1. The summed E-state index contributed by atoms with van der Waals surface area (Å²) in [5, 5.41) is 1.71. The van der Waals surface area contributed by atoms with Crippen LogP contribution in [0.15, 0.2) is 47.8 Å². The molecule has 1 aromatic heterocycles. The molecule has 0 spiro atoms. The maximum Gasteiger partial charge on any atom is 0.227 e. The Bertz CT molecular complexity index is 944. The van der Waals surface area contributed by atoms with Crippen molar-refractivity contribution in [2.24, 2.45) is 0 Å². The van der Waals surface area contributed by atoms with E-state index in [4.69, 9.17) is 14.3 Å². The van der Waals surface area contributed by atoms with Crippen LogP contribution in [0.5, 0.6) is 0 Å². The summed E-state index contributed by atoms with van der Waals surface area (Å²) in [6, 6.07) is 12.3. The minimum atomic E-state index is -2.65. The molecule has 2 heterocycles. The smallest absolute Gasteiger partial charge is 0.227 e. The number of ether oxygens (including phenoxy) is 1. The van der Waals surface area contributed by atoms with Crippen molar-refractivity contribution in [2.75, 3.05) is 38.1 Å². The fourth-order valence-electron chi connectivity index (χ4n) is 3.50. The Morgan fingerprint density at radius 1 is 1.30 bits per heavy atom. The Hall–Kier alpha value is -1.69. The Morgan fingerprint density at radius 2 is 2.07 bits per heavy atom. The first-order chi connectivity index (χ1) is 15.8. The van der Waals surface area contributed by atoms with Crippen molar-refractivity contribution in [1.82, 2.24) is 4.90 Å². The number of piperidine rings is 1. The topological polar surface area (TPSA) is 32.8 Å². The van der Waals surface area contributed by atoms with Crippen molar-refractivity contribution in [1.29, 1.82) is 0 Å². The Kier molecular flexibility index (Phi) is 4.47. The number of thiophene rings is 1. The van der Waals surface area contributed by atoms with Crippen molar-refractivity contribution in [3.05, 3.63) is 52.7 Å². The van der Waals surface area contributed by atoms with Crippen LogP contribution in [0.4, 0.5) is 5.69 Å². The second-order valence-electron chi connectivity index (χ2n) is 6.63. The van der Waals surface area contributed by atoms with Gasteiger partial charge in [-0.05, 0) is 42.8 Å². The molecule has 1 amide bonds. The zero-order chi connectivity index (χ0) is 25.2. The van der Waals surface area contributed by atoms with Gasteiger partial charge >= 0.3 is 0 Å². The van der Waals surface area contributed by atoms with Crippen LogP contribution in [0.2, 0.25) is 0 Å². The molecule has 0 N–H and O–H groups in total. The van der Waals surface area contributed by atoms with Crippen LogP contribution < -0.4 is 4.90 Å². The number of methoxy groups -OCH3 is 1. The van der Waals surface area contributed by atoms with E-state index in [9.17, 15) is 4.79 Å². The van der Waals surface area contributed by atoms with Gasteiger partial charge in [-0.1, -0.05) is 31.2 Å². The van der Waals surface area contributed by atoms with Gasteiger partial charge in [0, 0.05) is 49.1 Å². The van der Waals surface area contributed by atoms with Crippen LogP contribution in [0, 0.1) is 0 Å². The molecular formula is C22H30N2O2S. The van der Waals surface area contributed by atoms with Gasteiger partial charge in [0.05, 0.1) is 16.3 Å². The summed E-state index contributed by atoms with van der Waals surface area (Å²) in [5.74, 6) is -0.189. The van der Waals surface area contributed by atoms with Gasteiger partial charge in [-0.3, -0.25) is 4.79 Å². The first kappa shape index (κ1) is 12.7. The summed E-state index contributed by atoms with van der Waals surface area (Å²) in [5.41, 5.74) is -0.390. The van der Waals surface area contributed by atoms with Gasteiger partial charge in [0.25, 0.3) is 0 Å². The fraction of sp³-hybridized carbons (Fsp3) is 0.500. The van der Waals surface area contributed by atoms with E-state index in [1.807, 2.05) is 6.07 Å². The van der Waals surface area contributed by atoms with Crippen molar-refractivity contribution in [2.45, 2.75) is 38.1 Å². The predicted molar refractivity (Wildman–Crippen MR) is 113 cm³/mol. The number of hydrogen-bond acceptors (Lipinski definition) is 4. The average molecular weight is 394 g/mol. The highest BCUT2D eigenvalue weighted by Gasteiger charge is 2.42. The quantitative estimate of drug-likeness (QED) is 0.673. The van der Waals surface area contributed by atoms with Gasteiger partial charge in [-0.2, -0.15) is 0 Å². The summed E-state index contributed by atoms with van der Waals surface area (Å²) < 4.78 is 62.1. The summed E-state index contributed by atoms with van der Waals surface area (Å²) in [4.78, 5) is 16.5. The third-order valence-corrected chi connectivity index (χ3v) is 5.72. The van der Waals surface area contributed by atoms with E-state index in [0.717, 1.165) is 11.3 Å². The molecule has 1 saturated heterocycles. The van der Waals surface area contributed by atoms with E-state index < -0.39 is 25.4 Å². The molecule has 146 valence electrons. The molecule has 0 radical (unpaired) electrons. The molecular weight excluding hydrogens is 356 g/mol. The molecule has 1 aliphatic heterocycles. The zero-order valence-electron chi connectivity index (χ0n) is 22.5. The number of benzene rings is 1. The second-order valence-corrected chi connectivity index (χ2v) is 7.58. The number of carbonyl (C=O) groups is 1. The second kappa shape index (κ2) is 9.49. The summed E-state index contributed by atoms with van der Waals surface area (Å²) in [6.07, 6.45) is -1.59. The van der Waals surface area contributed by atoms with Crippen molar-refractivity contribution in [3.8, 4) is 0 Å². The molecule has 2 aromatic rings. The molecule has 1 aromatic carbocycles. The summed E-state index contributed by atoms with van der Waals surface area (Å²) >= 11 is 1.16. The average Bonchev–Trinajstić information content (AvgIpc) is 3.34. The highest BCUT2D eigenvalue weighted by molar-refractivity contribution is 7.09. The molecule has 4 nitrogen and oxygen atoms in total. The molecule has 0 bridgehead atoms. The first-order valence-electron chi connectivity index (χ1n) is 12.7. The van der Waals surface area contributed by atoms with E-state index >= 15 is 0 Å². The van der Waals surface area contributed by atoms with Gasteiger partial charge in [-0.25, -0.2) is 0 Å². The molecule has 1 fully saturated rings. The predicted octanol–water partition coefficient (Wildman–Crippen LogP) is 4.21. The Balaban J connectivity index is 1.93. The number of hydrogen-bond donors (Lipinski definition) is 0. The van der Waals surface area contributed by atoms with E-state index in [2.05, 4.69) is 0 Å². The molecule has 27 heavy (non-hydrogen) atoms. The largest absolute Gasteiger partial charge is 0.382 e. The molecule has 0 aliphatic carbocycles. The lowest BCUT2D eigenvalue weighted by Gasteiger charge is -2.48. The molecule has 0 atom stereocenters. The molecule has 0 unspecified atom stereocenters. The minimum absolute atomic E-state index is 0.128. The van der Waals surface area contributed by atoms with Crippen molar-refractivity contribution < 1.29 is 19.1 Å². The first-order valence-corrected chi connectivity index (χ1v) is 10.0. The summed E-state index contributed by atoms with van der Waals surface area (Å²) in [7, 11) is -2.65. The maximum atomic E-state index is 13.1. The van der Waals surface area contributed by atoms with Gasteiger partial charge < -0.3 is 14.5 Å². The van der Waals surface area contributed by atoms with Crippen molar-refractivity contribution >= 4 is 22.9 Å². The zero-order valence-corrected chi connectivity index (χ0v) is 16.3. The molecule has 3 rings (SSSR count). The number of rotatable bonds is 8. The van der Waals surface area contributed by atoms with Crippen LogP contribution in [0.3, 0.4) is 0 Å². The van der Waals surface area contributed by atoms with E-state index in [1.165, 1.54) is 4.90 Å². The fourth-order valence-corrected chi connectivity index (χ4v) is 4.07. The van der Waals surface area contributed by atoms with E-state index in [1.54, 1.807) is 53.6 Å². The minimum Gasteiger partial charge on any atom is -0.382 e. The van der Waals surface area contributed by atoms with Gasteiger partial charge in [0.1, 0.15) is 0 Å². The number of aryl methyl sites for hydroxylation is 1. The van der Waals surface area contributed by atoms with Gasteiger partial charge in [0.2, 0.25) is 5.91 Å². The highest BCUT2D eigenvalue weighted by atomic mass is 32.1. The highest BCUT2D eigenvalue weighted by Crippen LogP contribution is 2.34. The van der Waals surface area contributed by atoms with Crippen LogP contribution in [-0.4, -0.2) is 49.6 Å². The normalized spacial score (nSPS) is 22.3. The standard InChI is InChI=1S/C22H30N2O2S/c1-3-21(25)24(19-8-5-4-6-9-19)22(18-26-2)12-15-23(16-13-22)14-11-20-10-7-17-27-20/h4-10,17H,3,11-16,18H2,1-2H3/i2D3,11D2,14D2.